The maximum absolute atomic E-state index is 14.5. The Bertz CT molecular complexity index is 954. The SMILES string of the molecule is CCCCCCCCC(c1cccc(-c2c(F)c(F)c(F)c(F)c2F)c1)C(O)(OC(C)C)OC(C)C. The lowest BCUT2D eigenvalue weighted by Gasteiger charge is -2.38. The van der Waals surface area contributed by atoms with E-state index in [1.807, 2.05) is 0 Å². The molecule has 0 heterocycles. The van der Waals surface area contributed by atoms with Crippen LogP contribution in [-0.2, 0) is 9.47 Å². The highest BCUT2D eigenvalue weighted by Gasteiger charge is 2.42. The largest absolute Gasteiger partial charge is 0.343 e. The summed E-state index contributed by atoms with van der Waals surface area (Å²) in [5.74, 6) is -12.9. The molecule has 0 saturated heterocycles. The Hall–Kier alpha value is -2.03. The van der Waals surface area contributed by atoms with Crippen LogP contribution in [0.25, 0.3) is 11.1 Å². The maximum atomic E-state index is 14.5. The molecule has 0 aliphatic carbocycles. The molecule has 202 valence electrons. The zero-order chi connectivity index (χ0) is 27.0. The highest BCUT2D eigenvalue weighted by atomic mass is 19.2. The Kier molecular flexibility index (Phi) is 11.3. The van der Waals surface area contributed by atoms with Crippen LogP contribution in [0, 0.1) is 29.1 Å². The molecule has 0 aliphatic rings. The number of ether oxygens (including phenoxy) is 2. The number of rotatable bonds is 14. The van der Waals surface area contributed by atoms with Gasteiger partial charge in [0.2, 0.25) is 5.82 Å². The molecule has 1 unspecified atom stereocenters. The van der Waals surface area contributed by atoms with Gasteiger partial charge in [-0.25, -0.2) is 22.0 Å². The average Bonchev–Trinajstić information content (AvgIpc) is 2.80. The summed E-state index contributed by atoms with van der Waals surface area (Å²) in [5.41, 5.74) is -0.830. The van der Waals surface area contributed by atoms with Gasteiger partial charge < -0.3 is 14.6 Å². The fourth-order valence-corrected chi connectivity index (χ4v) is 4.33. The van der Waals surface area contributed by atoms with E-state index in [0.29, 0.717) is 18.4 Å². The smallest absolute Gasteiger partial charge is 0.288 e. The Morgan fingerprint density at radius 3 is 1.78 bits per heavy atom. The van der Waals surface area contributed by atoms with Crippen LogP contribution < -0.4 is 0 Å². The molecule has 2 aromatic rings. The standard InChI is InChI=1S/C28H37F5O3/c1-6-7-8-9-10-11-15-21(28(34,35-17(2)3)36-18(4)5)19-13-12-14-20(16-19)22-23(29)25(31)27(33)26(32)24(22)30/h12-14,16-18,21,34H,6-11,15H2,1-5H3. The molecule has 1 N–H and O–H groups in total. The zero-order valence-electron chi connectivity index (χ0n) is 21.6. The topological polar surface area (TPSA) is 38.7 Å². The summed E-state index contributed by atoms with van der Waals surface area (Å²) in [5, 5.41) is 11.5. The highest BCUT2D eigenvalue weighted by molar-refractivity contribution is 5.66. The summed E-state index contributed by atoms with van der Waals surface area (Å²) in [6.07, 6.45) is 5.54. The van der Waals surface area contributed by atoms with E-state index in [1.165, 1.54) is 18.2 Å². The van der Waals surface area contributed by atoms with Crippen LogP contribution in [0.15, 0.2) is 24.3 Å². The molecular formula is C28H37F5O3. The minimum Gasteiger partial charge on any atom is -0.343 e. The predicted molar refractivity (Wildman–Crippen MR) is 130 cm³/mol. The second-order valence-corrected chi connectivity index (χ2v) is 9.64. The third kappa shape index (κ3) is 7.49. The van der Waals surface area contributed by atoms with Gasteiger partial charge in [0.15, 0.2) is 23.3 Å². The minimum atomic E-state index is -2.21. The number of benzene rings is 2. The summed E-state index contributed by atoms with van der Waals surface area (Å²) in [4.78, 5) is 0. The van der Waals surface area contributed by atoms with Gasteiger partial charge in [-0.15, -0.1) is 0 Å². The van der Waals surface area contributed by atoms with Gasteiger partial charge in [-0.1, -0.05) is 69.7 Å². The van der Waals surface area contributed by atoms with Crippen LogP contribution in [0.4, 0.5) is 22.0 Å². The van der Waals surface area contributed by atoms with E-state index >= 15 is 0 Å². The van der Waals surface area contributed by atoms with Crippen molar-refractivity contribution in [1.29, 1.82) is 0 Å². The zero-order valence-corrected chi connectivity index (χ0v) is 21.6. The Morgan fingerprint density at radius 2 is 1.25 bits per heavy atom. The first-order valence-electron chi connectivity index (χ1n) is 12.6. The molecule has 0 aromatic heterocycles. The van der Waals surface area contributed by atoms with Crippen molar-refractivity contribution in [2.45, 2.75) is 104 Å². The Labute approximate surface area is 210 Å². The fourth-order valence-electron chi connectivity index (χ4n) is 4.33. The Balaban J connectivity index is 2.54. The number of aliphatic hydroxyl groups is 1. The van der Waals surface area contributed by atoms with E-state index in [9.17, 15) is 27.1 Å². The fraction of sp³-hybridized carbons (Fsp3) is 0.571. The van der Waals surface area contributed by atoms with Gasteiger partial charge in [-0.3, -0.25) is 0 Å². The average molecular weight is 517 g/mol. The molecule has 36 heavy (non-hydrogen) atoms. The lowest BCUT2D eigenvalue weighted by molar-refractivity contribution is -0.393. The third-order valence-electron chi connectivity index (χ3n) is 5.88. The lowest BCUT2D eigenvalue weighted by atomic mass is 9.88. The van der Waals surface area contributed by atoms with Gasteiger partial charge in [0.05, 0.1) is 23.7 Å². The van der Waals surface area contributed by atoms with Gasteiger partial charge in [0.25, 0.3) is 5.97 Å². The normalized spacial score (nSPS) is 13.1. The quantitative estimate of drug-likeness (QED) is 0.0901. The number of hydrogen-bond donors (Lipinski definition) is 1. The van der Waals surface area contributed by atoms with Crippen molar-refractivity contribution in [3.05, 3.63) is 58.9 Å². The minimum absolute atomic E-state index is 0.204. The third-order valence-corrected chi connectivity index (χ3v) is 5.88. The lowest BCUT2D eigenvalue weighted by Crippen LogP contribution is -2.45. The second kappa shape index (κ2) is 13.5. The van der Waals surface area contributed by atoms with Crippen molar-refractivity contribution >= 4 is 0 Å². The first-order valence-corrected chi connectivity index (χ1v) is 12.6. The molecule has 0 radical (unpaired) electrons. The molecule has 0 spiro atoms. The molecule has 1 atom stereocenters. The summed E-state index contributed by atoms with van der Waals surface area (Å²) in [7, 11) is 0. The Morgan fingerprint density at radius 1 is 0.750 bits per heavy atom. The number of unbranched alkanes of at least 4 members (excludes halogenated alkanes) is 5. The summed E-state index contributed by atoms with van der Waals surface area (Å²) < 4.78 is 82.0. The van der Waals surface area contributed by atoms with E-state index in [2.05, 4.69) is 6.92 Å². The molecular weight excluding hydrogens is 479 g/mol. The van der Waals surface area contributed by atoms with Crippen molar-refractivity contribution in [2.24, 2.45) is 0 Å². The van der Waals surface area contributed by atoms with E-state index in [1.54, 1.807) is 33.8 Å². The number of halogens is 5. The first-order chi connectivity index (χ1) is 16.9. The van der Waals surface area contributed by atoms with Crippen molar-refractivity contribution in [1.82, 2.24) is 0 Å². The van der Waals surface area contributed by atoms with Gasteiger partial charge in [-0.05, 0) is 45.2 Å². The van der Waals surface area contributed by atoms with Gasteiger partial charge in [0, 0.05) is 0 Å². The van der Waals surface area contributed by atoms with Gasteiger partial charge in [-0.2, -0.15) is 0 Å². The van der Waals surface area contributed by atoms with Crippen LogP contribution >= 0.6 is 0 Å². The van der Waals surface area contributed by atoms with Gasteiger partial charge >= 0.3 is 0 Å². The van der Waals surface area contributed by atoms with E-state index < -0.39 is 58.7 Å². The van der Waals surface area contributed by atoms with Crippen LogP contribution in [0.3, 0.4) is 0 Å². The van der Waals surface area contributed by atoms with E-state index in [4.69, 9.17) is 9.47 Å². The molecule has 2 rings (SSSR count). The predicted octanol–water partition coefficient (Wildman–Crippen LogP) is 8.38. The summed E-state index contributed by atoms with van der Waals surface area (Å²) in [6.45, 7) is 9.08. The molecule has 0 saturated carbocycles. The van der Waals surface area contributed by atoms with Crippen LogP contribution in [-0.4, -0.2) is 23.3 Å². The van der Waals surface area contributed by atoms with Crippen molar-refractivity contribution in [3.8, 4) is 11.1 Å². The molecule has 0 fully saturated rings. The van der Waals surface area contributed by atoms with E-state index in [0.717, 1.165) is 32.1 Å². The summed E-state index contributed by atoms with van der Waals surface area (Å²) in [6, 6.07) is 5.64. The molecule has 0 aliphatic heterocycles. The highest BCUT2D eigenvalue weighted by Crippen LogP contribution is 2.40. The maximum Gasteiger partial charge on any atom is 0.288 e. The molecule has 8 heteroatoms. The van der Waals surface area contributed by atoms with E-state index in [-0.39, 0.29) is 5.56 Å². The van der Waals surface area contributed by atoms with Crippen molar-refractivity contribution in [3.63, 3.8) is 0 Å². The molecule has 0 bridgehead atoms. The molecule has 2 aromatic carbocycles. The van der Waals surface area contributed by atoms with Crippen LogP contribution in [0.5, 0.6) is 0 Å². The molecule has 0 amide bonds. The van der Waals surface area contributed by atoms with Crippen LogP contribution in [0.2, 0.25) is 0 Å². The first kappa shape index (κ1) is 30.2. The van der Waals surface area contributed by atoms with Crippen molar-refractivity contribution in [2.75, 3.05) is 0 Å². The molecule has 3 nitrogen and oxygen atoms in total. The second-order valence-electron chi connectivity index (χ2n) is 9.64. The van der Waals surface area contributed by atoms with Crippen LogP contribution in [0.1, 0.15) is 91.0 Å². The van der Waals surface area contributed by atoms with Crippen molar-refractivity contribution < 1.29 is 36.5 Å². The van der Waals surface area contributed by atoms with Gasteiger partial charge in [0.1, 0.15) is 0 Å². The summed E-state index contributed by atoms with van der Waals surface area (Å²) >= 11 is 0. The number of hydrogen-bond acceptors (Lipinski definition) is 3. The monoisotopic (exact) mass is 516 g/mol.